The van der Waals surface area contributed by atoms with Crippen molar-refractivity contribution in [2.45, 2.75) is 102 Å². The summed E-state index contributed by atoms with van der Waals surface area (Å²) in [4.78, 5) is 43.8. The van der Waals surface area contributed by atoms with Gasteiger partial charge in [0.05, 0.1) is 0 Å². The van der Waals surface area contributed by atoms with E-state index in [2.05, 4.69) is 0 Å². The highest BCUT2D eigenvalue weighted by molar-refractivity contribution is 6.31. The molecule has 1 aromatic carbocycles. The smallest absolute Gasteiger partial charge is 0.325 e. The molecule has 4 bridgehead atoms. The summed E-state index contributed by atoms with van der Waals surface area (Å²) in [5.41, 5.74) is 6.36. The second-order valence-electron chi connectivity index (χ2n) is 13.0. The van der Waals surface area contributed by atoms with Crippen LogP contribution in [0.5, 0.6) is 0 Å². The van der Waals surface area contributed by atoms with Gasteiger partial charge in [0.25, 0.3) is 0 Å². The van der Waals surface area contributed by atoms with Crippen molar-refractivity contribution in [2.24, 2.45) is 35.3 Å². The number of urea groups is 1. The van der Waals surface area contributed by atoms with Crippen LogP contribution >= 0.6 is 11.6 Å². The molecule has 1 aromatic rings. The number of nitrogens with zero attached hydrogens (tertiary/aromatic N) is 2. The van der Waals surface area contributed by atoms with Gasteiger partial charge < -0.3 is 15.4 Å². The maximum atomic E-state index is 14.3. The fourth-order valence-corrected chi connectivity index (χ4v) is 9.27. The Hall–Kier alpha value is -2.28. The van der Waals surface area contributed by atoms with Crippen LogP contribution in [0.4, 0.5) is 10.5 Å². The van der Waals surface area contributed by atoms with Gasteiger partial charge in [0.15, 0.2) is 0 Å². The number of hydrogen-bond acceptors (Lipinski definition) is 4. The van der Waals surface area contributed by atoms with Crippen molar-refractivity contribution in [2.75, 3.05) is 11.4 Å². The zero-order chi connectivity index (χ0) is 27.1. The van der Waals surface area contributed by atoms with E-state index in [1.807, 2.05) is 0 Å². The van der Waals surface area contributed by atoms with Gasteiger partial charge in [-0.1, -0.05) is 36.9 Å². The summed E-state index contributed by atoms with van der Waals surface area (Å²) in [7, 11) is 0. The average molecular weight is 556 g/mol. The number of primary amides is 1. The molecule has 7 nitrogen and oxygen atoms in total. The third kappa shape index (κ3) is 5.53. The second kappa shape index (κ2) is 11.3. The lowest BCUT2D eigenvalue weighted by Gasteiger charge is -2.53. The van der Waals surface area contributed by atoms with Gasteiger partial charge in [-0.3, -0.25) is 14.5 Å². The molecule has 3 amide bonds. The molecular weight excluding hydrogens is 514 g/mol. The highest BCUT2D eigenvalue weighted by atomic mass is 35.5. The maximum Gasteiger partial charge on any atom is 0.325 e. The minimum absolute atomic E-state index is 0.00936. The van der Waals surface area contributed by atoms with Crippen LogP contribution in [0, 0.1) is 29.6 Å². The molecule has 39 heavy (non-hydrogen) atoms. The minimum atomic E-state index is -0.775. The van der Waals surface area contributed by atoms with Crippen LogP contribution < -0.4 is 10.6 Å². The van der Waals surface area contributed by atoms with E-state index >= 15 is 0 Å². The predicted molar refractivity (Wildman–Crippen MR) is 150 cm³/mol. The zero-order valence-corrected chi connectivity index (χ0v) is 23.6. The Morgan fingerprint density at radius 2 is 1.62 bits per heavy atom. The average Bonchev–Trinajstić information content (AvgIpc) is 3.05. The standard InChI is InChI=1S/C31H42ClN3O4/c32-24-8-4-9-25(17-24)35(31(33)38)27-11-5-10-26(21-6-2-1-3-7-21)34(30(27)37)18-28(36)39-29-22-13-19-12-20(15-22)16-23(29)14-19/h4,8-9,17,19-23,26-27,29H,1-3,5-7,10-16,18H2,(H2,33,38). The van der Waals surface area contributed by atoms with Crippen LogP contribution in [-0.4, -0.2) is 47.5 Å². The summed E-state index contributed by atoms with van der Waals surface area (Å²) in [6.45, 7) is -0.0541. The summed E-state index contributed by atoms with van der Waals surface area (Å²) in [5, 5.41) is 0.469. The number of anilines is 1. The number of nitrogens with two attached hydrogens (primary N) is 1. The van der Waals surface area contributed by atoms with E-state index in [1.54, 1.807) is 29.2 Å². The molecule has 5 aliphatic carbocycles. The first kappa shape index (κ1) is 26.9. The molecule has 2 unspecified atom stereocenters. The lowest BCUT2D eigenvalue weighted by atomic mass is 9.55. The topological polar surface area (TPSA) is 92.9 Å². The van der Waals surface area contributed by atoms with Gasteiger partial charge >= 0.3 is 12.0 Å². The molecule has 1 aliphatic heterocycles. The molecule has 1 heterocycles. The van der Waals surface area contributed by atoms with Crippen LogP contribution in [0.15, 0.2) is 24.3 Å². The Kier molecular flexibility index (Phi) is 7.80. The van der Waals surface area contributed by atoms with E-state index in [4.69, 9.17) is 22.1 Å². The number of hydrogen-bond donors (Lipinski definition) is 1. The second-order valence-corrected chi connectivity index (χ2v) is 13.4. The molecule has 2 atom stereocenters. The highest BCUT2D eigenvalue weighted by Gasteiger charge is 2.50. The van der Waals surface area contributed by atoms with Crippen molar-refractivity contribution >= 4 is 35.2 Å². The molecule has 212 valence electrons. The van der Waals surface area contributed by atoms with Crippen molar-refractivity contribution in [3.63, 3.8) is 0 Å². The van der Waals surface area contributed by atoms with E-state index < -0.39 is 12.1 Å². The van der Waals surface area contributed by atoms with Gasteiger partial charge in [0.1, 0.15) is 18.7 Å². The monoisotopic (exact) mass is 555 g/mol. The molecule has 7 rings (SSSR count). The van der Waals surface area contributed by atoms with Crippen molar-refractivity contribution < 1.29 is 19.1 Å². The van der Waals surface area contributed by atoms with Crippen molar-refractivity contribution in [3.05, 3.63) is 29.3 Å². The first-order chi connectivity index (χ1) is 18.9. The van der Waals surface area contributed by atoms with Gasteiger partial charge in [-0.15, -0.1) is 0 Å². The third-order valence-electron chi connectivity index (χ3n) is 10.5. The number of carbonyl (C=O) groups is 3. The Labute approximate surface area is 236 Å². The van der Waals surface area contributed by atoms with Crippen LogP contribution in [0.1, 0.15) is 83.5 Å². The number of carbonyl (C=O) groups excluding carboxylic acids is 3. The van der Waals surface area contributed by atoms with E-state index in [-0.39, 0.29) is 30.6 Å². The van der Waals surface area contributed by atoms with Gasteiger partial charge in [0.2, 0.25) is 5.91 Å². The molecular formula is C31H42ClN3O4. The van der Waals surface area contributed by atoms with Gasteiger partial charge in [0, 0.05) is 16.8 Å². The van der Waals surface area contributed by atoms with E-state index in [9.17, 15) is 14.4 Å². The lowest BCUT2D eigenvalue weighted by Crippen LogP contribution is -2.56. The van der Waals surface area contributed by atoms with Crippen LogP contribution in [0.3, 0.4) is 0 Å². The number of esters is 1. The number of ether oxygens (including phenoxy) is 1. The highest BCUT2D eigenvalue weighted by Crippen LogP contribution is 2.54. The fraction of sp³-hybridized carbons (Fsp3) is 0.710. The Morgan fingerprint density at radius 1 is 0.923 bits per heavy atom. The van der Waals surface area contributed by atoms with E-state index in [0.29, 0.717) is 34.9 Å². The Bertz CT molecular complexity index is 1060. The first-order valence-corrected chi connectivity index (χ1v) is 15.6. The van der Waals surface area contributed by atoms with Crippen molar-refractivity contribution in [1.82, 2.24) is 4.90 Å². The van der Waals surface area contributed by atoms with Gasteiger partial charge in [-0.2, -0.15) is 0 Å². The summed E-state index contributed by atoms with van der Waals surface area (Å²) in [6, 6.07) is 5.39. The SMILES string of the molecule is NC(=O)N(c1cccc(Cl)c1)C1CCCC(C2CCCCC2)N(CC(=O)OC2C3CC4CC(C3)CC2C4)C1=O. The number of rotatable bonds is 6. The molecule has 5 saturated carbocycles. The van der Waals surface area contributed by atoms with Crippen LogP contribution in [0.2, 0.25) is 5.02 Å². The summed E-state index contributed by atoms with van der Waals surface area (Å²) >= 11 is 6.23. The number of benzene rings is 1. The molecule has 0 aromatic heterocycles. The lowest BCUT2D eigenvalue weighted by molar-refractivity contribution is -0.174. The molecule has 6 aliphatic rings. The molecule has 0 radical (unpaired) electrons. The van der Waals surface area contributed by atoms with Gasteiger partial charge in [-0.25, -0.2) is 4.79 Å². The van der Waals surface area contributed by atoms with Crippen LogP contribution in [-0.2, 0) is 14.3 Å². The number of halogens is 1. The van der Waals surface area contributed by atoms with Crippen LogP contribution in [0.25, 0.3) is 0 Å². The minimum Gasteiger partial charge on any atom is -0.460 e. The zero-order valence-electron chi connectivity index (χ0n) is 22.8. The van der Waals surface area contributed by atoms with Crippen molar-refractivity contribution in [1.29, 1.82) is 0 Å². The van der Waals surface area contributed by atoms with Gasteiger partial charge in [-0.05, 0) is 112 Å². The quantitative estimate of drug-likeness (QED) is 0.441. The van der Waals surface area contributed by atoms with Crippen molar-refractivity contribution in [3.8, 4) is 0 Å². The molecule has 1 saturated heterocycles. The predicted octanol–water partition coefficient (Wildman–Crippen LogP) is 5.92. The first-order valence-electron chi connectivity index (χ1n) is 15.2. The summed E-state index contributed by atoms with van der Waals surface area (Å²) in [5.74, 6) is 2.41. The molecule has 8 heteroatoms. The van der Waals surface area contributed by atoms with E-state index in [1.165, 1.54) is 43.4 Å². The fourth-order valence-electron chi connectivity index (χ4n) is 9.08. The third-order valence-corrected chi connectivity index (χ3v) is 10.7. The molecule has 0 spiro atoms. The number of amides is 3. The number of likely N-dealkylation sites (tertiary alicyclic amines) is 1. The Balaban J connectivity index is 1.24. The summed E-state index contributed by atoms with van der Waals surface area (Å²) in [6.07, 6.45) is 13.8. The summed E-state index contributed by atoms with van der Waals surface area (Å²) < 4.78 is 6.24. The maximum absolute atomic E-state index is 14.3. The molecule has 2 N–H and O–H groups in total. The normalized spacial score (nSPS) is 34.5. The molecule has 6 fully saturated rings. The Morgan fingerprint density at radius 3 is 2.26 bits per heavy atom. The largest absolute Gasteiger partial charge is 0.460 e. The van der Waals surface area contributed by atoms with E-state index in [0.717, 1.165) is 50.4 Å².